The van der Waals surface area contributed by atoms with Gasteiger partial charge in [0.15, 0.2) is 0 Å². The summed E-state index contributed by atoms with van der Waals surface area (Å²) in [5.74, 6) is 0.761. The van der Waals surface area contributed by atoms with E-state index in [1.54, 1.807) is 0 Å². The van der Waals surface area contributed by atoms with Gasteiger partial charge in [-0.2, -0.15) is 0 Å². The lowest BCUT2D eigenvalue weighted by Crippen LogP contribution is -2.42. The Morgan fingerprint density at radius 1 is 1.28 bits per heavy atom. The van der Waals surface area contributed by atoms with E-state index in [-0.39, 0.29) is 0 Å². The Bertz CT molecular complexity index is 378. The van der Waals surface area contributed by atoms with Gasteiger partial charge in [-0.3, -0.25) is 0 Å². The Labute approximate surface area is 111 Å². The first-order valence-corrected chi connectivity index (χ1v) is 6.92. The van der Waals surface area contributed by atoms with Gasteiger partial charge in [0.05, 0.1) is 6.10 Å². The maximum Gasteiger partial charge on any atom is 0.0755 e. The summed E-state index contributed by atoms with van der Waals surface area (Å²) in [5.41, 5.74) is 4.25. The average Bonchev–Trinajstić information content (AvgIpc) is 3.17. The van der Waals surface area contributed by atoms with Crippen molar-refractivity contribution in [1.29, 1.82) is 0 Å². The number of benzene rings is 1. The van der Waals surface area contributed by atoms with Gasteiger partial charge in [-0.15, -0.1) is 0 Å². The van der Waals surface area contributed by atoms with E-state index >= 15 is 0 Å². The molecule has 0 bridgehead atoms. The van der Waals surface area contributed by atoms with Crippen LogP contribution in [0.15, 0.2) is 18.2 Å². The number of rotatable bonds is 6. The molecular weight excluding hydrogens is 222 g/mol. The van der Waals surface area contributed by atoms with Crippen molar-refractivity contribution >= 4 is 0 Å². The van der Waals surface area contributed by atoms with Crippen LogP contribution in [-0.4, -0.2) is 26.3 Å². The number of nitrogens with one attached hydrogen (secondary N) is 1. The van der Waals surface area contributed by atoms with Crippen LogP contribution in [0.25, 0.3) is 0 Å². The normalized spacial score (nSPS) is 18.7. The summed E-state index contributed by atoms with van der Waals surface area (Å²) >= 11 is 0. The van der Waals surface area contributed by atoms with Crippen LogP contribution in [0.1, 0.15) is 29.5 Å². The van der Waals surface area contributed by atoms with Gasteiger partial charge in [-0.05, 0) is 62.8 Å². The number of hydrogen-bond donors (Lipinski definition) is 1. The highest BCUT2D eigenvalue weighted by molar-refractivity contribution is 5.34. The van der Waals surface area contributed by atoms with Crippen LogP contribution in [-0.2, 0) is 11.2 Å². The van der Waals surface area contributed by atoms with Crippen molar-refractivity contribution in [2.45, 2.75) is 45.3 Å². The van der Waals surface area contributed by atoms with E-state index in [2.05, 4.69) is 37.4 Å². The van der Waals surface area contributed by atoms with Gasteiger partial charge in [0.2, 0.25) is 0 Å². The minimum atomic E-state index is 0.356. The van der Waals surface area contributed by atoms with Crippen LogP contribution in [0.4, 0.5) is 0 Å². The first-order valence-electron chi connectivity index (χ1n) is 6.92. The van der Waals surface area contributed by atoms with Crippen molar-refractivity contribution in [1.82, 2.24) is 5.32 Å². The summed E-state index contributed by atoms with van der Waals surface area (Å²) in [4.78, 5) is 0. The SMILES string of the molecule is CNC(Cc1c(C)cccc1C)C(OC)C1CC1. The van der Waals surface area contributed by atoms with Crippen molar-refractivity contribution in [3.8, 4) is 0 Å². The minimum absolute atomic E-state index is 0.356. The summed E-state index contributed by atoms with van der Waals surface area (Å²) < 4.78 is 5.72. The zero-order valence-corrected chi connectivity index (χ0v) is 12.0. The van der Waals surface area contributed by atoms with Crippen molar-refractivity contribution in [2.24, 2.45) is 5.92 Å². The van der Waals surface area contributed by atoms with Gasteiger partial charge < -0.3 is 10.1 Å². The Morgan fingerprint density at radius 3 is 2.33 bits per heavy atom. The molecule has 1 fully saturated rings. The third-order valence-electron chi connectivity index (χ3n) is 4.19. The van der Waals surface area contributed by atoms with Gasteiger partial charge in [0.1, 0.15) is 0 Å². The fraction of sp³-hybridized carbons (Fsp3) is 0.625. The highest BCUT2D eigenvalue weighted by Gasteiger charge is 2.36. The van der Waals surface area contributed by atoms with Gasteiger partial charge in [-0.1, -0.05) is 18.2 Å². The van der Waals surface area contributed by atoms with Crippen molar-refractivity contribution < 1.29 is 4.74 Å². The van der Waals surface area contributed by atoms with E-state index < -0.39 is 0 Å². The second-order valence-electron chi connectivity index (χ2n) is 5.51. The Kier molecular flexibility index (Phi) is 4.41. The lowest BCUT2D eigenvalue weighted by atomic mass is 9.92. The molecule has 0 heterocycles. The van der Waals surface area contributed by atoms with Crippen LogP contribution in [0, 0.1) is 19.8 Å². The standard InChI is InChI=1S/C16H25NO/c1-11-6-5-7-12(2)14(11)10-15(17-3)16(18-4)13-8-9-13/h5-7,13,15-17H,8-10H2,1-4H3. The maximum absolute atomic E-state index is 5.72. The van der Waals surface area contributed by atoms with Crippen LogP contribution < -0.4 is 5.32 Å². The largest absolute Gasteiger partial charge is 0.380 e. The summed E-state index contributed by atoms with van der Waals surface area (Å²) in [6.07, 6.45) is 4.06. The van der Waals surface area contributed by atoms with Crippen molar-refractivity contribution in [3.05, 3.63) is 34.9 Å². The highest BCUT2D eigenvalue weighted by atomic mass is 16.5. The molecule has 100 valence electrons. The molecule has 0 aliphatic heterocycles. The second-order valence-corrected chi connectivity index (χ2v) is 5.51. The first-order chi connectivity index (χ1) is 8.67. The molecule has 0 radical (unpaired) electrons. The molecule has 1 saturated carbocycles. The van der Waals surface area contributed by atoms with E-state index in [4.69, 9.17) is 4.74 Å². The predicted molar refractivity (Wildman–Crippen MR) is 76.0 cm³/mol. The Hall–Kier alpha value is -0.860. The monoisotopic (exact) mass is 247 g/mol. The fourth-order valence-electron chi connectivity index (χ4n) is 2.88. The van der Waals surface area contributed by atoms with E-state index in [0.717, 1.165) is 12.3 Å². The summed E-state index contributed by atoms with van der Waals surface area (Å²) in [6, 6.07) is 6.96. The molecule has 0 amide bonds. The lowest BCUT2D eigenvalue weighted by Gasteiger charge is -2.27. The van der Waals surface area contributed by atoms with E-state index in [0.29, 0.717) is 12.1 Å². The molecule has 2 rings (SSSR count). The summed E-state index contributed by atoms with van der Waals surface area (Å²) in [6.45, 7) is 4.40. The minimum Gasteiger partial charge on any atom is -0.380 e. The van der Waals surface area contributed by atoms with Crippen molar-refractivity contribution in [2.75, 3.05) is 14.2 Å². The molecule has 2 atom stereocenters. The Balaban J connectivity index is 2.14. The van der Waals surface area contributed by atoms with E-state index in [1.807, 2.05) is 14.2 Å². The Morgan fingerprint density at radius 2 is 1.89 bits per heavy atom. The quantitative estimate of drug-likeness (QED) is 0.834. The van der Waals surface area contributed by atoms with Gasteiger partial charge in [-0.25, -0.2) is 0 Å². The predicted octanol–water partition coefficient (Wildman–Crippen LogP) is 2.86. The third-order valence-corrected chi connectivity index (χ3v) is 4.19. The van der Waals surface area contributed by atoms with Crippen LogP contribution in [0.2, 0.25) is 0 Å². The molecular formula is C16H25NO. The fourth-order valence-corrected chi connectivity index (χ4v) is 2.88. The molecule has 1 aromatic rings. The molecule has 0 aromatic heterocycles. The van der Waals surface area contributed by atoms with E-state index in [9.17, 15) is 0 Å². The molecule has 18 heavy (non-hydrogen) atoms. The zero-order chi connectivity index (χ0) is 13.1. The van der Waals surface area contributed by atoms with Crippen LogP contribution >= 0.6 is 0 Å². The molecule has 2 nitrogen and oxygen atoms in total. The van der Waals surface area contributed by atoms with Gasteiger partial charge in [0.25, 0.3) is 0 Å². The van der Waals surface area contributed by atoms with Crippen LogP contribution in [0.3, 0.4) is 0 Å². The number of likely N-dealkylation sites (N-methyl/N-ethyl adjacent to an activating group) is 1. The number of aryl methyl sites for hydroxylation is 2. The number of ether oxygens (including phenoxy) is 1. The lowest BCUT2D eigenvalue weighted by molar-refractivity contribution is 0.0533. The second kappa shape index (κ2) is 5.85. The first kappa shape index (κ1) is 13.6. The number of hydrogen-bond acceptors (Lipinski definition) is 2. The smallest absolute Gasteiger partial charge is 0.0755 e. The number of methoxy groups -OCH3 is 1. The maximum atomic E-state index is 5.72. The van der Waals surface area contributed by atoms with Gasteiger partial charge in [0, 0.05) is 13.2 Å². The molecule has 1 aliphatic carbocycles. The van der Waals surface area contributed by atoms with Crippen LogP contribution in [0.5, 0.6) is 0 Å². The van der Waals surface area contributed by atoms with Crippen molar-refractivity contribution in [3.63, 3.8) is 0 Å². The van der Waals surface area contributed by atoms with Gasteiger partial charge >= 0.3 is 0 Å². The molecule has 1 aliphatic rings. The average molecular weight is 247 g/mol. The highest BCUT2D eigenvalue weighted by Crippen LogP contribution is 2.36. The third kappa shape index (κ3) is 2.93. The molecule has 2 heteroatoms. The molecule has 1 N–H and O–H groups in total. The molecule has 0 saturated heterocycles. The molecule has 2 unspecified atom stereocenters. The summed E-state index contributed by atoms with van der Waals surface area (Å²) in [5, 5.41) is 3.45. The topological polar surface area (TPSA) is 21.3 Å². The summed E-state index contributed by atoms with van der Waals surface area (Å²) in [7, 11) is 3.89. The molecule has 0 spiro atoms. The zero-order valence-electron chi connectivity index (χ0n) is 12.0. The molecule has 1 aromatic carbocycles. The van der Waals surface area contributed by atoms with E-state index in [1.165, 1.54) is 29.5 Å².